The molecule has 1 aromatic rings. The number of para-hydroxylation sites is 1. The second-order valence-corrected chi connectivity index (χ2v) is 6.86. The van der Waals surface area contributed by atoms with Crippen LogP contribution in [-0.4, -0.2) is 29.7 Å². The SMILES string of the molecule is C=C1C2=Nc3ccccc3[C@@]23CCN2CC(=CC)[C@H]1C[C@H]23. The first kappa shape index (κ1) is 11.9. The summed E-state index contributed by atoms with van der Waals surface area (Å²) in [4.78, 5) is 7.73. The second-order valence-electron chi connectivity index (χ2n) is 6.86. The Morgan fingerprint density at radius 2 is 2.24 bits per heavy atom. The van der Waals surface area contributed by atoms with Crippen LogP contribution in [0.4, 0.5) is 5.69 Å². The second kappa shape index (κ2) is 3.75. The normalized spacial score (nSPS) is 38.4. The molecule has 1 aliphatic carbocycles. The minimum absolute atomic E-state index is 0.142. The lowest BCUT2D eigenvalue weighted by Gasteiger charge is -2.49. The van der Waals surface area contributed by atoms with Crippen LogP contribution in [0.15, 0.2) is 53.1 Å². The summed E-state index contributed by atoms with van der Waals surface area (Å²) in [5.41, 5.74) is 6.92. The minimum atomic E-state index is 0.142. The van der Waals surface area contributed by atoms with E-state index in [0.717, 1.165) is 6.54 Å². The maximum atomic E-state index is 5.04. The molecule has 3 fully saturated rings. The molecule has 0 radical (unpaired) electrons. The Morgan fingerprint density at radius 3 is 3.10 bits per heavy atom. The summed E-state index contributed by atoms with van der Waals surface area (Å²) in [7, 11) is 0. The molecule has 0 unspecified atom stereocenters. The Morgan fingerprint density at radius 1 is 1.38 bits per heavy atom. The number of rotatable bonds is 0. The summed E-state index contributed by atoms with van der Waals surface area (Å²) >= 11 is 0. The van der Waals surface area contributed by atoms with E-state index in [9.17, 15) is 0 Å². The number of allylic oxidation sites excluding steroid dienone is 2. The number of hydrogen-bond acceptors (Lipinski definition) is 2. The molecule has 2 nitrogen and oxygen atoms in total. The van der Waals surface area contributed by atoms with Crippen LogP contribution < -0.4 is 0 Å². The molecule has 0 amide bonds. The number of aliphatic imine (C=N–C) groups is 1. The highest BCUT2D eigenvalue weighted by Crippen LogP contribution is 2.59. The van der Waals surface area contributed by atoms with Crippen LogP contribution >= 0.6 is 0 Å². The highest BCUT2D eigenvalue weighted by molar-refractivity contribution is 6.14. The van der Waals surface area contributed by atoms with Crippen LogP contribution in [0, 0.1) is 5.92 Å². The molecule has 3 atom stereocenters. The topological polar surface area (TPSA) is 15.6 Å². The van der Waals surface area contributed by atoms with E-state index in [1.165, 1.54) is 41.9 Å². The summed E-state index contributed by atoms with van der Waals surface area (Å²) in [5, 5.41) is 0. The van der Waals surface area contributed by atoms with Crippen molar-refractivity contribution in [3.8, 4) is 0 Å². The zero-order chi connectivity index (χ0) is 14.2. The Balaban J connectivity index is 1.78. The van der Waals surface area contributed by atoms with E-state index < -0.39 is 0 Å². The van der Waals surface area contributed by atoms with Gasteiger partial charge in [0, 0.05) is 25.0 Å². The molecular formula is C19H20N2. The predicted molar refractivity (Wildman–Crippen MR) is 86.2 cm³/mol. The fraction of sp³-hybridized carbons (Fsp3) is 0.421. The molecular weight excluding hydrogens is 256 g/mol. The Kier molecular flexibility index (Phi) is 2.13. The standard InChI is InChI=1S/C19H20N2/c1-3-13-11-21-9-8-19-15-6-4-5-7-16(15)20-18(19)12(2)14(13)10-17(19)21/h3-7,14,17H,2,8-11H2,1H3/t14-,17-,19+/m0/s1. The van der Waals surface area contributed by atoms with E-state index in [4.69, 9.17) is 4.99 Å². The molecule has 21 heavy (non-hydrogen) atoms. The molecule has 2 bridgehead atoms. The van der Waals surface area contributed by atoms with Gasteiger partial charge in [0.2, 0.25) is 0 Å². The molecule has 3 aliphatic heterocycles. The van der Waals surface area contributed by atoms with Crippen LogP contribution in [0.25, 0.3) is 0 Å². The van der Waals surface area contributed by atoms with E-state index in [2.05, 4.69) is 48.7 Å². The quantitative estimate of drug-likeness (QED) is 0.661. The molecule has 1 saturated carbocycles. The minimum Gasteiger partial charge on any atom is -0.295 e. The number of hydrogen-bond donors (Lipinski definition) is 0. The summed E-state index contributed by atoms with van der Waals surface area (Å²) < 4.78 is 0. The summed E-state index contributed by atoms with van der Waals surface area (Å²) in [5.74, 6) is 0.524. The first-order valence-electron chi connectivity index (χ1n) is 8.02. The maximum absolute atomic E-state index is 5.04. The van der Waals surface area contributed by atoms with Gasteiger partial charge in [0.05, 0.1) is 16.8 Å². The number of piperidine rings is 1. The van der Waals surface area contributed by atoms with E-state index >= 15 is 0 Å². The lowest BCUT2D eigenvalue weighted by molar-refractivity contribution is 0.179. The van der Waals surface area contributed by atoms with Crippen molar-refractivity contribution in [2.45, 2.75) is 31.2 Å². The third kappa shape index (κ3) is 1.22. The lowest BCUT2D eigenvalue weighted by atomic mass is 9.59. The molecule has 1 aromatic carbocycles. The van der Waals surface area contributed by atoms with Crippen molar-refractivity contribution in [1.82, 2.24) is 4.90 Å². The molecule has 0 aromatic heterocycles. The van der Waals surface area contributed by atoms with Gasteiger partial charge in [0.25, 0.3) is 0 Å². The van der Waals surface area contributed by atoms with Gasteiger partial charge in [-0.3, -0.25) is 9.89 Å². The third-order valence-electron chi connectivity index (χ3n) is 6.23. The molecule has 2 saturated heterocycles. The number of nitrogens with zero attached hydrogens (tertiary/aromatic N) is 2. The van der Waals surface area contributed by atoms with E-state index in [1.54, 1.807) is 5.57 Å². The van der Waals surface area contributed by atoms with Gasteiger partial charge >= 0.3 is 0 Å². The average Bonchev–Trinajstić information content (AvgIpc) is 3.07. The van der Waals surface area contributed by atoms with Crippen molar-refractivity contribution < 1.29 is 0 Å². The first-order valence-corrected chi connectivity index (χ1v) is 8.02. The fourth-order valence-electron chi connectivity index (χ4n) is 5.28. The molecule has 5 rings (SSSR count). The predicted octanol–water partition coefficient (Wildman–Crippen LogP) is 3.62. The van der Waals surface area contributed by atoms with Crippen LogP contribution in [0.2, 0.25) is 0 Å². The molecule has 1 spiro atoms. The zero-order valence-electron chi connectivity index (χ0n) is 12.5. The molecule has 3 heterocycles. The maximum Gasteiger partial charge on any atom is 0.0675 e. The third-order valence-corrected chi connectivity index (χ3v) is 6.23. The van der Waals surface area contributed by atoms with Crippen molar-refractivity contribution >= 4 is 11.4 Å². The number of benzene rings is 1. The summed E-state index contributed by atoms with van der Waals surface area (Å²) in [6, 6.07) is 9.37. The van der Waals surface area contributed by atoms with Crippen molar-refractivity contribution in [2.24, 2.45) is 10.9 Å². The Hall–Kier alpha value is -1.67. The van der Waals surface area contributed by atoms with Gasteiger partial charge in [-0.15, -0.1) is 0 Å². The van der Waals surface area contributed by atoms with Gasteiger partial charge in [0.1, 0.15) is 0 Å². The van der Waals surface area contributed by atoms with Crippen molar-refractivity contribution in [3.05, 3.63) is 53.6 Å². The van der Waals surface area contributed by atoms with Gasteiger partial charge in [-0.25, -0.2) is 0 Å². The molecule has 2 heteroatoms. The van der Waals surface area contributed by atoms with Crippen LogP contribution in [0.1, 0.15) is 25.3 Å². The van der Waals surface area contributed by atoms with Gasteiger partial charge < -0.3 is 0 Å². The fourth-order valence-corrected chi connectivity index (χ4v) is 5.28. The van der Waals surface area contributed by atoms with Gasteiger partial charge in [-0.2, -0.15) is 0 Å². The largest absolute Gasteiger partial charge is 0.295 e. The molecule has 0 N–H and O–H groups in total. The van der Waals surface area contributed by atoms with E-state index in [1.807, 2.05) is 0 Å². The van der Waals surface area contributed by atoms with Crippen molar-refractivity contribution in [2.75, 3.05) is 13.1 Å². The van der Waals surface area contributed by atoms with Gasteiger partial charge in [-0.1, -0.05) is 36.4 Å². The lowest BCUT2D eigenvalue weighted by Crippen LogP contribution is -2.56. The van der Waals surface area contributed by atoms with E-state index in [-0.39, 0.29) is 5.41 Å². The molecule has 106 valence electrons. The number of fused-ring (bicyclic) bond motifs is 2. The Bertz CT molecular complexity index is 727. The summed E-state index contributed by atoms with van der Waals surface area (Å²) in [6.45, 7) is 8.97. The Labute approximate surface area is 125 Å². The van der Waals surface area contributed by atoms with Crippen LogP contribution in [-0.2, 0) is 5.41 Å². The van der Waals surface area contributed by atoms with Crippen molar-refractivity contribution in [1.29, 1.82) is 0 Å². The zero-order valence-corrected chi connectivity index (χ0v) is 12.5. The van der Waals surface area contributed by atoms with E-state index in [0.29, 0.717) is 12.0 Å². The van der Waals surface area contributed by atoms with Crippen LogP contribution in [0.3, 0.4) is 0 Å². The van der Waals surface area contributed by atoms with Crippen LogP contribution in [0.5, 0.6) is 0 Å². The molecule has 4 aliphatic rings. The van der Waals surface area contributed by atoms with Gasteiger partial charge in [0.15, 0.2) is 0 Å². The highest BCUT2D eigenvalue weighted by atomic mass is 15.2. The summed E-state index contributed by atoms with van der Waals surface area (Å²) in [6.07, 6.45) is 4.74. The average molecular weight is 276 g/mol. The smallest absolute Gasteiger partial charge is 0.0675 e. The highest BCUT2D eigenvalue weighted by Gasteiger charge is 2.61. The van der Waals surface area contributed by atoms with Crippen molar-refractivity contribution in [3.63, 3.8) is 0 Å². The monoisotopic (exact) mass is 276 g/mol. The van der Waals surface area contributed by atoms with Gasteiger partial charge in [-0.05, 0) is 37.0 Å². The first-order chi connectivity index (χ1) is 10.3.